The molecule has 0 spiro atoms. The summed E-state index contributed by atoms with van der Waals surface area (Å²) in [6, 6.07) is -1.31. The smallest absolute Gasteiger partial charge is 0.0989 e. The van der Waals surface area contributed by atoms with Crippen molar-refractivity contribution in [1.82, 2.24) is 0 Å². The normalized spacial score (nSPS) is 33.6. The summed E-state index contributed by atoms with van der Waals surface area (Å²) in [6.45, 7) is 0. The Morgan fingerprint density at radius 1 is 0.900 bits per heavy atom. The quantitative estimate of drug-likeness (QED) is 0.286. The van der Waals surface area contributed by atoms with Crippen LogP contribution in [0.1, 0.15) is 0 Å². The second kappa shape index (κ2) is 1.96. The molecule has 0 aromatic carbocycles. The maximum Gasteiger partial charge on any atom is 0.0989 e. The lowest BCUT2D eigenvalue weighted by Gasteiger charge is -2.05. The number of nitrogens with one attached hydrogen (secondary N) is 3. The molecule has 0 aliphatic heterocycles. The highest BCUT2D eigenvalue weighted by atomic mass is 14.9. The van der Waals surface area contributed by atoms with Crippen LogP contribution in [0.5, 0.6) is 0 Å². The van der Waals surface area contributed by atoms with E-state index < -0.39 is 12.1 Å². The van der Waals surface area contributed by atoms with Crippen molar-refractivity contribution in [3.05, 3.63) is 0 Å². The van der Waals surface area contributed by atoms with Crippen molar-refractivity contribution in [3.63, 3.8) is 0 Å². The lowest BCUT2D eigenvalue weighted by Crippen LogP contribution is -2.43. The van der Waals surface area contributed by atoms with Crippen LogP contribution in [0.15, 0.2) is 0 Å². The Kier molecular flexibility index (Phi) is 1.38. The number of nitrogens with two attached hydrogens (primary N) is 2. The molecule has 1 rings (SSSR count). The third kappa shape index (κ3) is 0.680. The van der Waals surface area contributed by atoms with Crippen LogP contribution in [-0.2, 0) is 0 Å². The number of rotatable bonds is 0. The molecule has 10 heavy (non-hydrogen) atoms. The third-order valence-corrected chi connectivity index (χ3v) is 1.59. The molecule has 7 N–H and O–H groups in total. The van der Waals surface area contributed by atoms with E-state index in [9.17, 15) is 0 Å². The minimum Gasteiger partial charge on any atom is -0.321 e. The van der Waals surface area contributed by atoms with E-state index in [1.807, 2.05) is 0 Å². The van der Waals surface area contributed by atoms with Crippen LogP contribution in [-0.4, -0.2) is 29.2 Å². The van der Waals surface area contributed by atoms with Gasteiger partial charge in [-0.25, -0.2) is 0 Å². The van der Waals surface area contributed by atoms with Crippen molar-refractivity contribution < 1.29 is 0 Å². The molecule has 2 unspecified atom stereocenters. The molecule has 54 valence electrons. The van der Waals surface area contributed by atoms with Crippen molar-refractivity contribution in [2.75, 3.05) is 0 Å². The Labute approximate surface area is 57.9 Å². The first-order valence-corrected chi connectivity index (χ1v) is 2.83. The number of hydrogen-bond acceptors (Lipinski definition) is 5. The fourth-order valence-electron chi connectivity index (χ4n) is 0.838. The van der Waals surface area contributed by atoms with Gasteiger partial charge in [0.2, 0.25) is 0 Å². The lowest BCUT2D eigenvalue weighted by atomic mass is 10.2. The van der Waals surface area contributed by atoms with Crippen LogP contribution >= 0.6 is 0 Å². The van der Waals surface area contributed by atoms with Crippen LogP contribution in [0.2, 0.25) is 0 Å². The predicted octanol–water partition coefficient (Wildman–Crippen LogP) is -1.29. The maximum atomic E-state index is 7.15. The second-order valence-electron chi connectivity index (χ2n) is 2.25. The Balaban J connectivity index is 3.00. The summed E-state index contributed by atoms with van der Waals surface area (Å²) < 4.78 is 0. The Morgan fingerprint density at radius 2 is 1.20 bits per heavy atom. The molecule has 1 saturated carbocycles. The zero-order valence-corrected chi connectivity index (χ0v) is 5.31. The van der Waals surface area contributed by atoms with Crippen molar-refractivity contribution in [3.8, 4) is 0 Å². The Bertz CT molecular complexity index is 196. The first kappa shape index (κ1) is 7.04. The molecule has 0 aromatic heterocycles. The molecule has 0 radical (unpaired) electrons. The fraction of sp³-hybridized carbons (Fsp3) is 0.400. The second-order valence-corrected chi connectivity index (χ2v) is 2.25. The maximum absolute atomic E-state index is 7.15. The van der Waals surface area contributed by atoms with Crippen LogP contribution in [0, 0.1) is 16.2 Å². The largest absolute Gasteiger partial charge is 0.321 e. The minimum absolute atomic E-state index is 0.0301. The first-order valence-electron chi connectivity index (χ1n) is 2.83. The van der Waals surface area contributed by atoms with Gasteiger partial charge in [0.1, 0.15) is 0 Å². The summed E-state index contributed by atoms with van der Waals surface area (Å²) in [5.41, 5.74) is 10.6. The van der Waals surface area contributed by atoms with Crippen LogP contribution < -0.4 is 11.5 Å². The van der Waals surface area contributed by atoms with E-state index in [2.05, 4.69) is 0 Å². The zero-order valence-electron chi connectivity index (χ0n) is 5.31. The summed E-state index contributed by atoms with van der Waals surface area (Å²) in [6.07, 6.45) is 0. The standard InChI is InChI=1S/C5H9N5/c6-1-2(7)4(9)5(10)3(1)8/h1-2,8-10H,6-7H2. The zero-order chi connectivity index (χ0) is 7.89. The minimum atomic E-state index is -0.653. The third-order valence-electron chi connectivity index (χ3n) is 1.59. The molecule has 5 heteroatoms. The molecule has 0 saturated heterocycles. The molecule has 0 amide bonds. The van der Waals surface area contributed by atoms with Gasteiger partial charge in [0, 0.05) is 0 Å². The lowest BCUT2D eigenvalue weighted by molar-refractivity contribution is 0.785. The molecule has 0 aromatic rings. The molecule has 2 atom stereocenters. The van der Waals surface area contributed by atoms with Crippen molar-refractivity contribution in [2.45, 2.75) is 12.1 Å². The Hall–Kier alpha value is -1.07. The summed E-state index contributed by atoms with van der Waals surface area (Å²) in [4.78, 5) is 0. The van der Waals surface area contributed by atoms with E-state index in [0.29, 0.717) is 0 Å². The van der Waals surface area contributed by atoms with Crippen molar-refractivity contribution in [1.29, 1.82) is 16.2 Å². The van der Waals surface area contributed by atoms with Gasteiger partial charge >= 0.3 is 0 Å². The van der Waals surface area contributed by atoms with Gasteiger partial charge in [0.25, 0.3) is 0 Å². The summed E-state index contributed by atoms with van der Waals surface area (Å²) in [7, 11) is 0. The SMILES string of the molecule is N=C1C(=N)C(N)C(N)C1=N. The molecule has 1 aliphatic carbocycles. The van der Waals surface area contributed by atoms with Gasteiger partial charge in [-0.05, 0) is 0 Å². The fourth-order valence-corrected chi connectivity index (χ4v) is 0.838. The van der Waals surface area contributed by atoms with Crippen molar-refractivity contribution >= 4 is 17.1 Å². The average molecular weight is 139 g/mol. The van der Waals surface area contributed by atoms with Gasteiger partial charge in [-0.1, -0.05) is 0 Å². The van der Waals surface area contributed by atoms with E-state index in [1.165, 1.54) is 0 Å². The molecule has 1 fully saturated rings. The van der Waals surface area contributed by atoms with E-state index in [1.54, 1.807) is 0 Å². The highest BCUT2D eigenvalue weighted by Crippen LogP contribution is 2.04. The van der Waals surface area contributed by atoms with Crippen molar-refractivity contribution in [2.24, 2.45) is 11.5 Å². The molecule has 1 aliphatic rings. The summed E-state index contributed by atoms with van der Waals surface area (Å²) in [5.74, 6) is 0. The van der Waals surface area contributed by atoms with E-state index in [-0.39, 0.29) is 17.1 Å². The molecule has 0 bridgehead atoms. The number of hydrogen-bond donors (Lipinski definition) is 5. The molecule has 0 heterocycles. The van der Waals surface area contributed by atoms with E-state index in [0.717, 1.165) is 0 Å². The molecular formula is C5H9N5. The average Bonchev–Trinajstić information content (AvgIpc) is 2.07. The van der Waals surface area contributed by atoms with Gasteiger partial charge in [-0.15, -0.1) is 0 Å². The van der Waals surface area contributed by atoms with Gasteiger partial charge < -0.3 is 22.3 Å². The topological polar surface area (TPSA) is 124 Å². The van der Waals surface area contributed by atoms with Gasteiger partial charge in [-0.2, -0.15) is 0 Å². The van der Waals surface area contributed by atoms with Crippen LogP contribution in [0.25, 0.3) is 0 Å². The van der Waals surface area contributed by atoms with Gasteiger partial charge in [-0.3, -0.25) is 5.41 Å². The highest BCUT2D eigenvalue weighted by molar-refractivity contribution is 6.72. The summed E-state index contributed by atoms with van der Waals surface area (Å²) in [5, 5.41) is 21.4. The van der Waals surface area contributed by atoms with Gasteiger partial charge in [0.05, 0.1) is 29.2 Å². The summed E-state index contributed by atoms with van der Waals surface area (Å²) >= 11 is 0. The predicted molar refractivity (Wildman–Crippen MR) is 39.1 cm³/mol. The van der Waals surface area contributed by atoms with Crippen LogP contribution in [0.3, 0.4) is 0 Å². The van der Waals surface area contributed by atoms with Gasteiger partial charge in [0.15, 0.2) is 0 Å². The highest BCUT2D eigenvalue weighted by Gasteiger charge is 2.35. The monoisotopic (exact) mass is 139 g/mol. The molecular weight excluding hydrogens is 130 g/mol. The Morgan fingerprint density at radius 3 is 1.30 bits per heavy atom. The van der Waals surface area contributed by atoms with E-state index >= 15 is 0 Å². The van der Waals surface area contributed by atoms with Crippen LogP contribution in [0.4, 0.5) is 0 Å². The molecule has 5 nitrogen and oxygen atoms in total. The first-order chi connectivity index (χ1) is 4.55. The van der Waals surface area contributed by atoms with E-state index in [4.69, 9.17) is 27.7 Å².